The lowest BCUT2D eigenvalue weighted by Gasteiger charge is -2.16. The van der Waals surface area contributed by atoms with Crippen LogP contribution in [0.2, 0.25) is 10.0 Å². The normalized spacial score (nSPS) is 10.5. The number of halogens is 2. The highest BCUT2D eigenvalue weighted by molar-refractivity contribution is 6.81. The van der Waals surface area contributed by atoms with Gasteiger partial charge in [0.2, 0.25) is 0 Å². The standard InChI is InChI=1S/C20H16BCl2NO2/c1-13-6-8-15(11-17(13)22)21(16-9-7-14(2)18(23)12-16)26-20(25)19-5-3-4-10-24-19/h3-12H,1-2H3. The number of rotatable bonds is 4. The summed E-state index contributed by atoms with van der Waals surface area (Å²) in [5, 5.41) is 1.22. The lowest BCUT2D eigenvalue weighted by molar-refractivity contribution is 0.0732. The average molecular weight is 384 g/mol. The monoisotopic (exact) mass is 383 g/mol. The topological polar surface area (TPSA) is 39.2 Å². The number of hydrogen-bond donors (Lipinski definition) is 0. The van der Waals surface area contributed by atoms with Crippen LogP contribution in [0, 0.1) is 13.8 Å². The second kappa shape index (κ2) is 7.94. The Balaban J connectivity index is 2.02. The van der Waals surface area contributed by atoms with Crippen LogP contribution in [0.4, 0.5) is 0 Å². The van der Waals surface area contributed by atoms with Crippen LogP contribution >= 0.6 is 23.2 Å². The zero-order valence-corrected chi connectivity index (χ0v) is 15.9. The van der Waals surface area contributed by atoms with Crippen molar-refractivity contribution < 1.29 is 9.45 Å². The third-order valence-electron chi connectivity index (χ3n) is 4.10. The van der Waals surface area contributed by atoms with Crippen LogP contribution in [0.3, 0.4) is 0 Å². The fraction of sp³-hybridized carbons (Fsp3) is 0.100. The Morgan fingerprint density at radius 1 is 0.923 bits per heavy atom. The molecule has 1 heterocycles. The molecule has 130 valence electrons. The molecule has 0 N–H and O–H groups in total. The first-order chi connectivity index (χ1) is 12.5. The van der Waals surface area contributed by atoms with Crippen molar-refractivity contribution in [2.45, 2.75) is 13.8 Å². The van der Waals surface area contributed by atoms with E-state index >= 15 is 0 Å². The van der Waals surface area contributed by atoms with Crippen LogP contribution in [-0.2, 0) is 4.65 Å². The predicted octanol–water partition coefficient (Wildman–Crippen LogP) is 3.97. The first-order valence-electron chi connectivity index (χ1n) is 8.10. The van der Waals surface area contributed by atoms with Crippen LogP contribution < -0.4 is 10.9 Å². The summed E-state index contributed by atoms with van der Waals surface area (Å²) in [6, 6.07) is 16.3. The molecule has 0 fully saturated rings. The van der Waals surface area contributed by atoms with Gasteiger partial charge in [0.05, 0.1) is 0 Å². The third kappa shape index (κ3) is 4.09. The first kappa shape index (κ1) is 18.5. The molecule has 26 heavy (non-hydrogen) atoms. The number of pyridine rings is 1. The molecule has 0 saturated heterocycles. The molecule has 0 saturated carbocycles. The van der Waals surface area contributed by atoms with Gasteiger partial charge in [-0.3, -0.25) is 0 Å². The van der Waals surface area contributed by atoms with Gasteiger partial charge in [0.1, 0.15) is 5.69 Å². The minimum absolute atomic E-state index is 0.244. The summed E-state index contributed by atoms with van der Waals surface area (Å²) in [4.78, 5) is 16.6. The summed E-state index contributed by atoms with van der Waals surface area (Å²) in [6.07, 6.45) is 1.55. The molecule has 0 bridgehead atoms. The molecule has 0 aliphatic rings. The zero-order valence-electron chi connectivity index (χ0n) is 14.4. The van der Waals surface area contributed by atoms with Crippen LogP contribution in [0.5, 0.6) is 0 Å². The molecule has 0 amide bonds. The van der Waals surface area contributed by atoms with Gasteiger partial charge in [-0.15, -0.1) is 0 Å². The SMILES string of the molecule is Cc1ccc(B(OC(=O)c2ccccn2)c2ccc(C)c(Cl)c2)cc1Cl. The second-order valence-corrected chi connectivity index (χ2v) is 6.83. The third-order valence-corrected chi connectivity index (χ3v) is 4.91. The van der Waals surface area contributed by atoms with Gasteiger partial charge in [0, 0.05) is 16.2 Å². The van der Waals surface area contributed by atoms with Gasteiger partial charge in [-0.05, 0) is 60.2 Å². The van der Waals surface area contributed by atoms with Crippen molar-refractivity contribution in [3.63, 3.8) is 0 Å². The molecule has 3 nitrogen and oxygen atoms in total. The van der Waals surface area contributed by atoms with Crippen LogP contribution in [0.1, 0.15) is 21.6 Å². The largest absolute Gasteiger partial charge is 0.521 e. The van der Waals surface area contributed by atoms with E-state index in [1.807, 2.05) is 38.1 Å². The molecule has 0 atom stereocenters. The number of hydrogen-bond acceptors (Lipinski definition) is 3. The highest BCUT2D eigenvalue weighted by Crippen LogP contribution is 2.15. The molecule has 0 radical (unpaired) electrons. The molecule has 6 heteroatoms. The van der Waals surface area contributed by atoms with Crippen molar-refractivity contribution in [2.24, 2.45) is 0 Å². The van der Waals surface area contributed by atoms with Gasteiger partial charge in [-0.2, -0.15) is 0 Å². The number of nitrogens with zero attached hydrogens (tertiary/aromatic N) is 1. The van der Waals surface area contributed by atoms with Gasteiger partial charge < -0.3 is 4.65 Å². The molecule has 2 aromatic carbocycles. The molecule has 3 rings (SSSR count). The van der Waals surface area contributed by atoms with Crippen molar-refractivity contribution in [2.75, 3.05) is 0 Å². The minimum atomic E-state index is -0.638. The molecule has 3 aromatic rings. The summed E-state index contributed by atoms with van der Waals surface area (Å²) in [5.74, 6) is -0.510. The van der Waals surface area contributed by atoms with E-state index in [4.69, 9.17) is 27.9 Å². The van der Waals surface area contributed by atoms with E-state index in [0.29, 0.717) is 10.0 Å². The second-order valence-electron chi connectivity index (χ2n) is 6.02. The van der Waals surface area contributed by atoms with Crippen LogP contribution in [0.25, 0.3) is 0 Å². The molecule has 0 unspecified atom stereocenters. The van der Waals surface area contributed by atoms with Crippen molar-refractivity contribution >= 4 is 47.0 Å². The number of aromatic nitrogens is 1. The quantitative estimate of drug-likeness (QED) is 0.640. The van der Waals surface area contributed by atoms with E-state index in [1.165, 1.54) is 0 Å². The Hall–Kier alpha value is -2.30. The van der Waals surface area contributed by atoms with E-state index in [-0.39, 0.29) is 5.69 Å². The number of aryl methyl sites for hydroxylation is 2. The molecule has 1 aromatic heterocycles. The Morgan fingerprint density at radius 2 is 1.50 bits per heavy atom. The Kier molecular flexibility index (Phi) is 5.65. The van der Waals surface area contributed by atoms with E-state index in [1.54, 1.807) is 36.5 Å². The lowest BCUT2D eigenvalue weighted by Crippen LogP contribution is -2.46. The number of carbonyl (C=O) groups is 1. The first-order valence-corrected chi connectivity index (χ1v) is 8.85. The summed E-state index contributed by atoms with van der Waals surface area (Å²) in [6.45, 7) is 3.20. The van der Waals surface area contributed by atoms with E-state index < -0.39 is 12.9 Å². The maximum atomic E-state index is 12.6. The highest BCUT2D eigenvalue weighted by atomic mass is 35.5. The Morgan fingerprint density at radius 3 is 1.96 bits per heavy atom. The molecular weight excluding hydrogens is 368 g/mol. The van der Waals surface area contributed by atoms with Gasteiger partial charge in [0.25, 0.3) is 0 Å². The van der Waals surface area contributed by atoms with Gasteiger partial charge in [-0.25, -0.2) is 9.78 Å². The number of benzene rings is 2. The Labute approximate surface area is 163 Å². The molecule has 0 aliphatic heterocycles. The maximum Gasteiger partial charge on any atom is 0.430 e. The average Bonchev–Trinajstić information content (AvgIpc) is 2.65. The minimum Gasteiger partial charge on any atom is -0.521 e. The van der Waals surface area contributed by atoms with E-state index in [9.17, 15) is 4.79 Å². The van der Waals surface area contributed by atoms with E-state index in [0.717, 1.165) is 22.1 Å². The van der Waals surface area contributed by atoms with Crippen molar-refractivity contribution in [1.82, 2.24) is 4.98 Å². The zero-order chi connectivity index (χ0) is 18.7. The summed E-state index contributed by atoms with van der Waals surface area (Å²) in [7, 11) is 0. The Bertz CT molecular complexity index is 896. The lowest BCUT2D eigenvalue weighted by atomic mass is 9.55. The highest BCUT2D eigenvalue weighted by Gasteiger charge is 2.28. The predicted molar refractivity (Wildman–Crippen MR) is 107 cm³/mol. The molecular formula is C20H16BCl2NO2. The van der Waals surface area contributed by atoms with Gasteiger partial charge >= 0.3 is 12.9 Å². The smallest absolute Gasteiger partial charge is 0.430 e. The summed E-state index contributed by atoms with van der Waals surface area (Å²) < 4.78 is 5.78. The van der Waals surface area contributed by atoms with Crippen molar-refractivity contribution in [3.8, 4) is 0 Å². The van der Waals surface area contributed by atoms with Crippen LogP contribution in [0.15, 0.2) is 60.8 Å². The summed E-state index contributed by atoms with van der Waals surface area (Å²) in [5.41, 5.74) is 3.68. The maximum absolute atomic E-state index is 12.6. The van der Waals surface area contributed by atoms with Crippen molar-refractivity contribution in [3.05, 3.63) is 87.7 Å². The fourth-order valence-corrected chi connectivity index (χ4v) is 2.90. The van der Waals surface area contributed by atoms with Crippen molar-refractivity contribution in [1.29, 1.82) is 0 Å². The van der Waals surface area contributed by atoms with E-state index in [2.05, 4.69) is 4.98 Å². The number of carbonyl (C=O) groups excluding carboxylic acids is 1. The molecule has 0 spiro atoms. The van der Waals surface area contributed by atoms with Crippen LogP contribution in [-0.4, -0.2) is 17.9 Å². The summed E-state index contributed by atoms with van der Waals surface area (Å²) >= 11 is 12.6. The van der Waals surface area contributed by atoms with Gasteiger partial charge in [0.15, 0.2) is 0 Å². The van der Waals surface area contributed by atoms with Gasteiger partial charge in [-0.1, -0.05) is 53.5 Å². The fourth-order valence-electron chi connectivity index (χ4n) is 2.52. The molecule has 0 aliphatic carbocycles.